The van der Waals surface area contributed by atoms with Crippen LogP contribution in [0.2, 0.25) is 0 Å². The Bertz CT molecular complexity index is 447. The predicted molar refractivity (Wildman–Crippen MR) is 96.7 cm³/mol. The lowest BCUT2D eigenvalue weighted by Gasteiger charge is -2.29. The largest absolute Gasteiger partial charge is 0.481 e. The average Bonchev–Trinajstić information content (AvgIpc) is 2.52. The summed E-state index contributed by atoms with van der Waals surface area (Å²) in [6, 6.07) is 0. The lowest BCUT2D eigenvalue weighted by atomic mass is 9.81. The SMILES string of the molecule is CCCCOC(=O)C(CCCCCCC(C)C)C(O)(CC(=O)O)C(=O)O. The van der Waals surface area contributed by atoms with E-state index >= 15 is 0 Å². The summed E-state index contributed by atoms with van der Waals surface area (Å²) in [6.45, 7) is 6.33. The van der Waals surface area contributed by atoms with Crippen LogP contribution in [0.5, 0.6) is 0 Å². The molecule has 0 aromatic heterocycles. The molecule has 0 amide bonds. The van der Waals surface area contributed by atoms with E-state index < -0.39 is 35.8 Å². The molecule has 7 heteroatoms. The summed E-state index contributed by atoms with van der Waals surface area (Å²) in [5.41, 5.74) is -2.66. The molecule has 0 aliphatic carbocycles. The maximum atomic E-state index is 12.3. The Balaban J connectivity index is 4.94. The summed E-state index contributed by atoms with van der Waals surface area (Å²) < 4.78 is 5.08. The normalized spacial score (nSPS) is 14.7. The molecule has 0 rings (SSSR count). The Hall–Kier alpha value is -1.63. The fourth-order valence-electron chi connectivity index (χ4n) is 2.80. The zero-order valence-electron chi connectivity index (χ0n) is 16.2. The van der Waals surface area contributed by atoms with Gasteiger partial charge in [-0.1, -0.05) is 59.3 Å². The van der Waals surface area contributed by atoms with Crippen molar-refractivity contribution >= 4 is 17.9 Å². The highest BCUT2D eigenvalue weighted by Crippen LogP contribution is 2.29. The lowest BCUT2D eigenvalue weighted by molar-refractivity contribution is -0.182. The van der Waals surface area contributed by atoms with Crippen LogP contribution in [0, 0.1) is 11.8 Å². The number of carboxylic acid groups (broad SMARTS) is 2. The van der Waals surface area contributed by atoms with Gasteiger partial charge in [-0.3, -0.25) is 9.59 Å². The molecule has 0 aromatic rings. The zero-order valence-corrected chi connectivity index (χ0v) is 16.2. The Morgan fingerprint density at radius 2 is 1.54 bits per heavy atom. The minimum Gasteiger partial charge on any atom is -0.481 e. The van der Waals surface area contributed by atoms with Crippen LogP contribution in [-0.2, 0) is 19.1 Å². The van der Waals surface area contributed by atoms with E-state index in [9.17, 15) is 24.6 Å². The number of esters is 1. The van der Waals surface area contributed by atoms with Crippen LogP contribution in [-0.4, -0.2) is 45.4 Å². The molecule has 0 aromatic carbocycles. The van der Waals surface area contributed by atoms with Crippen molar-refractivity contribution in [3.8, 4) is 0 Å². The molecule has 0 heterocycles. The van der Waals surface area contributed by atoms with E-state index in [-0.39, 0.29) is 13.0 Å². The number of aliphatic hydroxyl groups is 1. The van der Waals surface area contributed by atoms with Crippen molar-refractivity contribution in [2.75, 3.05) is 6.61 Å². The first kappa shape index (κ1) is 24.4. The molecule has 7 nitrogen and oxygen atoms in total. The summed E-state index contributed by atoms with van der Waals surface area (Å²) in [7, 11) is 0. The number of ether oxygens (including phenoxy) is 1. The van der Waals surface area contributed by atoms with Gasteiger partial charge in [-0.15, -0.1) is 0 Å². The van der Waals surface area contributed by atoms with Gasteiger partial charge in [-0.25, -0.2) is 4.79 Å². The van der Waals surface area contributed by atoms with Gasteiger partial charge in [-0.05, 0) is 18.8 Å². The molecule has 3 N–H and O–H groups in total. The Labute approximate surface area is 155 Å². The topological polar surface area (TPSA) is 121 Å². The molecular formula is C19H34O7. The molecular weight excluding hydrogens is 340 g/mol. The van der Waals surface area contributed by atoms with E-state index in [1.165, 1.54) is 0 Å². The molecule has 2 unspecified atom stereocenters. The molecule has 0 saturated heterocycles. The summed E-state index contributed by atoms with van der Waals surface area (Å²) in [5, 5.41) is 28.8. The van der Waals surface area contributed by atoms with Crippen molar-refractivity contribution < 1.29 is 34.4 Å². The molecule has 0 saturated carbocycles. The van der Waals surface area contributed by atoms with Gasteiger partial charge in [0, 0.05) is 0 Å². The first-order valence-electron chi connectivity index (χ1n) is 9.49. The van der Waals surface area contributed by atoms with Gasteiger partial charge >= 0.3 is 17.9 Å². The standard InChI is InChI=1S/C19H34O7/c1-4-5-12-26-17(22)15(11-9-7-6-8-10-14(2)3)19(25,18(23)24)13-16(20)21/h14-15,25H,4-13H2,1-3H3,(H,20,21)(H,23,24). The van der Waals surface area contributed by atoms with E-state index in [4.69, 9.17) is 9.84 Å². The third-order valence-electron chi connectivity index (χ3n) is 4.42. The van der Waals surface area contributed by atoms with Gasteiger partial charge in [0.25, 0.3) is 0 Å². The third kappa shape index (κ3) is 9.17. The maximum Gasteiger partial charge on any atom is 0.337 e. The minimum absolute atomic E-state index is 0.0860. The highest BCUT2D eigenvalue weighted by molar-refractivity contribution is 5.90. The van der Waals surface area contributed by atoms with E-state index in [0.29, 0.717) is 18.8 Å². The Kier molecular flexibility index (Phi) is 11.9. The van der Waals surface area contributed by atoms with Gasteiger partial charge in [0.05, 0.1) is 18.9 Å². The number of hydrogen-bond donors (Lipinski definition) is 3. The second-order valence-corrected chi connectivity index (χ2v) is 7.26. The van der Waals surface area contributed by atoms with Crippen LogP contribution in [0.15, 0.2) is 0 Å². The maximum absolute atomic E-state index is 12.3. The smallest absolute Gasteiger partial charge is 0.337 e. The molecule has 0 aliphatic heterocycles. The summed E-state index contributed by atoms with van der Waals surface area (Å²) in [4.78, 5) is 34.9. The van der Waals surface area contributed by atoms with Crippen molar-refractivity contribution in [2.45, 2.75) is 84.2 Å². The Morgan fingerprint density at radius 1 is 0.962 bits per heavy atom. The van der Waals surface area contributed by atoms with E-state index in [1.54, 1.807) is 0 Å². The van der Waals surface area contributed by atoms with Crippen molar-refractivity contribution in [2.24, 2.45) is 11.8 Å². The van der Waals surface area contributed by atoms with E-state index in [0.717, 1.165) is 32.1 Å². The van der Waals surface area contributed by atoms with Gasteiger partial charge in [0.2, 0.25) is 0 Å². The van der Waals surface area contributed by atoms with Crippen LogP contribution in [0.3, 0.4) is 0 Å². The molecule has 0 fully saturated rings. The molecule has 26 heavy (non-hydrogen) atoms. The minimum atomic E-state index is -2.66. The quantitative estimate of drug-likeness (QED) is 0.297. The predicted octanol–water partition coefficient (Wildman–Crippen LogP) is 3.23. The number of aliphatic carboxylic acids is 2. The van der Waals surface area contributed by atoms with Gasteiger partial charge in [0.15, 0.2) is 5.60 Å². The number of carboxylic acids is 2. The van der Waals surface area contributed by atoms with E-state index in [1.807, 2.05) is 6.92 Å². The molecule has 0 aliphatic rings. The summed E-state index contributed by atoms with van der Waals surface area (Å²) in [6.07, 6.45) is 4.87. The Morgan fingerprint density at radius 3 is 2.00 bits per heavy atom. The highest BCUT2D eigenvalue weighted by atomic mass is 16.5. The molecule has 0 spiro atoms. The first-order chi connectivity index (χ1) is 12.1. The second-order valence-electron chi connectivity index (χ2n) is 7.26. The average molecular weight is 374 g/mol. The second kappa shape index (κ2) is 12.7. The fourth-order valence-corrected chi connectivity index (χ4v) is 2.80. The molecule has 2 atom stereocenters. The van der Waals surface area contributed by atoms with Crippen LogP contribution in [0.4, 0.5) is 0 Å². The monoisotopic (exact) mass is 374 g/mol. The van der Waals surface area contributed by atoms with Gasteiger partial charge in [0.1, 0.15) is 0 Å². The number of carbonyl (C=O) groups is 3. The van der Waals surface area contributed by atoms with Crippen LogP contribution >= 0.6 is 0 Å². The van der Waals surface area contributed by atoms with Crippen molar-refractivity contribution in [1.29, 1.82) is 0 Å². The zero-order chi connectivity index (χ0) is 20.2. The van der Waals surface area contributed by atoms with Crippen LogP contribution < -0.4 is 0 Å². The van der Waals surface area contributed by atoms with Gasteiger partial charge in [-0.2, -0.15) is 0 Å². The van der Waals surface area contributed by atoms with Crippen molar-refractivity contribution in [3.05, 3.63) is 0 Å². The number of unbranched alkanes of at least 4 members (excludes halogenated alkanes) is 4. The fraction of sp³-hybridized carbons (Fsp3) is 0.842. The van der Waals surface area contributed by atoms with Crippen LogP contribution in [0.1, 0.15) is 78.6 Å². The lowest BCUT2D eigenvalue weighted by Crippen LogP contribution is -2.51. The van der Waals surface area contributed by atoms with E-state index in [2.05, 4.69) is 13.8 Å². The summed E-state index contributed by atoms with van der Waals surface area (Å²) >= 11 is 0. The number of hydrogen-bond acceptors (Lipinski definition) is 5. The molecule has 0 bridgehead atoms. The summed E-state index contributed by atoms with van der Waals surface area (Å²) in [5.74, 6) is -4.80. The number of rotatable bonds is 15. The molecule has 0 radical (unpaired) electrons. The third-order valence-corrected chi connectivity index (χ3v) is 4.42. The van der Waals surface area contributed by atoms with Crippen molar-refractivity contribution in [3.63, 3.8) is 0 Å². The molecule has 152 valence electrons. The number of carbonyl (C=O) groups excluding carboxylic acids is 1. The first-order valence-corrected chi connectivity index (χ1v) is 9.49. The van der Waals surface area contributed by atoms with Gasteiger partial charge < -0.3 is 20.1 Å². The van der Waals surface area contributed by atoms with Crippen molar-refractivity contribution in [1.82, 2.24) is 0 Å². The van der Waals surface area contributed by atoms with Crippen LogP contribution in [0.25, 0.3) is 0 Å². The highest BCUT2D eigenvalue weighted by Gasteiger charge is 2.50.